The first-order valence-corrected chi connectivity index (χ1v) is 8.96. The lowest BCUT2D eigenvalue weighted by molar-refractivity contribution is -0.148. The van der Waals surface area contributed by atoms with E-state index in [0.29, 0.717) is 19.3 Å². The third-order valence-electron chi connectivity index (χ3n) is 4.18. The number of sulfonamides is 1. The van der Waals surface area contributed by atoms with Gasteiger partial charge in [-0.25, -0.2) is 13.1 Å². The molecule has 0 aromatic heterocycles. The number of nitrogens with one attached hydrogen (secondary N) is 1. The largest absolute Gasteiger partial charge is 0.481 e. The van der Waals surface area contributed by atoms with Crippen molar-refractivity contribution < 1.29 is 18.3 Å². The lowest BCUT2D eigenvalue weighted by atomic mass is 9.85. The van der Waals surface area contributed by atoms with Gasteiger partial charge >= 0.3 is 5.97 Å². The summed E-state index contributed by atoms with van der Waals surface area (Å²) in [5.74, 6) is -0.959. The van der Waals surface area contributed by atoms with Gasteiger partial charge in [-0.3, -0.25) is 4.79 Å². The van der Waals surface area contributed by atoms with E-state index in [4.69, 9.17) is 0 Å². The maximum Gasteiger partial charge on any atom is 0.310 e. The van der Waals surface area contributed by atoms with E-state index in [1.807, 2.05) is 0 Å². The second-order valence-electron chi connectivity index (χ2n) is 5.70. The van der Waals surface area contributed by atoms with E-state index < -0.39 is 27.4 Å². The van der Waals surface area contributed by atoms with Gasteiger partial charge in [-0.1, -0.05) is 22.4 Å². The topological polar surface area (TPSA) is 83.5 Å². The summed E-state index contributed by atoms with van der Waals surface area (Å²) in [6.07, 6.45) is 1.72. The molecule has 2 atom stereocenters. The first-order valence-electron chi connectivity index (χ1n) is 6.69. The molecular weight excluding hydrogens is 358 g/mol. The molecule has 1 aliphatic carbocycles. The van der Waals surface area contributed by atoms with Crippen LogP contribution >= 0.6 is 15.9 Å². The molecule has 21 heavy (non-hydrogen) atoms. The molecule has 0 amide bonds. The number of halogens is 1. The van der Waals surface area contributed by atoms with Gasteiger partial charge in [0.05, 0.1) is 10.3 Å². The van der Waals surface area contributed by atoms with Crippen molar-refractivity contribution in [2.24, 2.45) is 5.41 Å². The number of benzene rings is 1. The fourth-order valence-electron chi connectivity index (χ4n) is 2.65. The van der Waals surface area contributed by atoms with Gasteiger partial charge in [0.2, 0.25) is 10.0 Å². The van der Waals surface area contributed by atoms with Crippen molar-refractivity contribution in [2.75, 3.05) is 0 Å². The molecule has 0 bridgehead atoms. The van der Waals surface area contributed by atoms with Gasteiger partial charge in [0.25, 0.3) is 0 Å². The number of carboxylic acid groups (broad SMARTS) is 1. The van der Waals surface area contributed by atoms with Crippen LogP contribution < -0.4 is 4.72 Å². The fraction of sp³-hybridized carbons (Fsp3) is 0.500. The van der Waals surface area contributed by atoms with E-state index >= 15 is 0 Å². The number of rotatable bonds is 4. The Morgan fingerprint density at radius 2 is 2.14 bits per heavy atom. The van der Waals surface area contributed by atoms with Crippen LogP contribution in [0.5, 0.6) is 0 Å². The maximum atomic E-state index is 12.4. The third-order valence-corrected chi connectivity index (χ3v) is 6.54. The van der Waals surface area contributed by atoms with Gasteiger partial charge in [0, 0.05) is 10.5 Å². The molecule has 0 saturated heterocycles. The van der Waals surface area contributed by atoms with Crippen molar-refractivity contribution >= 4 is 31.9 Å². The molecule has 5 nitrogen and oxygen atoms in total. The number of carbonyl (C=O) groups is 1. The smallest absolute Gasteiger partial charge is 0.310 e. The number of hydrogen-bond donors (Lipinski definition) is 2. The highest BCUT2D eigenvalue weighted by atomic mass is 79.9. The second-order valence-corrected chi connectivity index (χ2v) is 8.27. The van der Waals surface area contributed by atoms with Crippen molar-refractivity contribution in [1.82, 2.24) is 4.72 Å². The van der Waals surface area contributed by atoms with Crippen LogP contribution in [0.4, 0.5) is 0 Å². The van der Waals surface area contributed by atoms with Gasteiger partial charge in [-0.15, -0.1) is 0 Å². The molecular formula is C14H18BrNO4S. The molecule has 1 aromatic rings. The van der Waals surface area contributed by atoms with Gasteiger partial charge in [-0.05, 0) is 50.5 Å². The minimum absolute atomic E-state index is 0.155. The quantitative estimate of drug-likeness (QED) is 0.847. The highest BCUT2D eigenvalue weighted by molar-refractivity contribution is 9.10. The Kier molecular flexibility index (Phi) is 4.46. The monoisotopic (exact) mass is 375 g/mol. The van der Waals surface area contributed by atoms with Crippen LogP contribution in [0.25, 0.3) is 0 Å². The van der Waals surface area contributed by atoms with E-state index in [2.05, 4.69) is 20.7 Å². The number of aryl methyl sites for hydroxylation is 1. The number of carboxylic acids is 1. The first-order chi connectivity index (χ1) is 9.67. The molecule has 1 aromatic carbocycles. The van der Waals surface area contributed by atoms with Crippen LogP contribution in [0.3, 0.4) is 0 Å². The molecule has 0 aliphatic heterocycles. The lowest BCUT2D eigenvalue weighted by Gasteiger charge is -2.27. The zero-order valence-corrected chi connectivity index (χ0v) is 14.3. The van der Waals surface area contributed by atoms with Gasteiger partial charge < -0.3 is 5.11 Å². The van der Waals surface area contributed by atoms with Crippen LogP contribution in [0, 0.1) is 12.3 Å². The van der Waals surface area contributed by atoms with Crippen LogP contribution in [0.1, 0.15) is 31.7 Å². The number of aliphatic carboxylic acids is 1. The molecule has 0 radical (unpaired) electrons. The summed E-state index contributed by atoms with van der Waals surface area (Å²) in [4.78, 5) is 11.6. The average molecular weight is 376 g/mol. The third kappa shape index (κ3) is 3.14. The minimum Gasteiger partial charge on any atom is -0.481 e. The first kappa shape index (κ1) is 16.5. The summed E-state index contributed by atoms with van der Waals surface area (Å²) in [6.45, 7) is 3.41. The van der Waals surface area contributed by atoms with Crippen LogP contribution in [-0.2, 0) is 14.8 Å². The zero-order chi connectivity index (χ0) is 15.8. The van der Waals surface area contributed by atoms with Gasteiger partial charge in [0.1, 0.15) is 0 Å². The Morgan fingerprint density at radius 1 is 1.48 bits per heavy atom. The summed E-state index contributed by atoms with van der Waals surface area (Å²) in [6, 6.07) is 4.17. The molecule has 0 spiro atoms. The molecule has 1 saturated carbocycles. The van der Waals surface area contributed by atoms with Crippen LogP contribution in [-0.4, -0.2) is 25.5 Å². The van der Waals surface area contributed by atoms with Crippen molar-refractivity contribution in [3.8, 4) is 0 Å². The van der Waals surface area contributed by atoms with Crippen molar-refractivity contribution in [3.05, 3.63) is 28.2 Å². The highest BCUT2D eigenvalue weighted by Crippen LogP contribution is 2.39. The summed E-state index contributed by atoms with van der Waals surface area (Å²) in [5, 5.41) is 9.35. The van der Waals surface area contributed by atoms with Gasteiger partial charge in [-0.2, -0.15) is 0 Å². The number of hydrogen-bond acceptors (Lipinski definition) is 3. The minimum atomic E-state index is -3.72. The zero-order valence-electron chi connectivity index (χ0n) is 11.9. The Hall–Kier alpha value is -0.920. The predicted octanol–water partition coefficient (Wildman–Crippen LogP) is 2.68. The van der Waals surface area contributed by atoms with E-state index in [1.165, 1.54) is 6.07 Å². The molecule has 0 heterocycles. The molecule has 116 valence electrons. The SMILES string of the molecule is Cc1cc(S(=O)(=O)NC2CCCC2(C)C(=O)O)ccc1Br. The van der Waals surface area contributed by atoms with Crippen molar-refractivity contribution in [1.29, 1.82) is 0 Å². The van der Waals surface area contributed by atoms with Crippen molar-refractivity contribution in [3.63, 3.8) is 0 Å². The summed E-state index contributed by atoms with van der Waals surface area (Å²) >= 11 is 3.33. The van der Waals surface area contributed by atoms with E-state index in [1.54, 1.807) is 26.0 Å². The Bertz CT molecular complexity index is 674. The molecule has 1 fully saturated rings. The van der Waals surface area contributed by atoms with E-state index in [0.717, 1.165) is 10.0 Å². The molecule has 2 N–H and O–H groups in total. The van der Waals surface area contributed by atoms with E-state index in [9.17, 15) is 18.3 Å². The normalized spacial score (nSPS) is 26.0. The summed E-state index contributed by atoms with van der Waals surface area (Å²) in [5.41, 5.74) is -0.234. The summed E-state index contributed by atoms with van der Waals surface area (Å²) < 4.78 is 28.3. The molecule has 1 aliphatic rings. The Labute approximate surface area is 132 Å². The second kappa shape index (κ2) is 5.70. The molecule has 2 rings (SSSR count). The predicted molar refractivity (Wildman–Crippen MR) is 82.6 cm³/mol. The highest BCUT2D eigenvalue weighted by Gasteiger charge is 2.46. The maximum absolute atomic E-state index is 12.4. The standard InChI is InChI=1S/C14H18BrNO4S/c1-9-8-10(5-6-11(9)15)21(19,20)16-12-4-3-7-14(12,2)13(17)18/h5-6,8,12,16H,3-4,7H2,1-2H3,(H,17,18). The lowest BCUT2D eigenvalue weighted by Crippen LogP contribution is -2.46. The van der Waals surface area contributed by atoms with Crippen LogP contribution in [0.15, 0.2) is 27.6 Å². The molecule has 7 heteroatoms. The summed E-state index contributed by atoms with van der Waals surface area (Å²) in [7, 11) is -3.72. The van der Waals surface area contributed by atoms with E-state index in [-0.39, 0.29) is 4.90 Å². The van der Waals surface area contributed by atoms with Gasteiger partial charge in [0.15, 0.2) is 0 Å². The van der Waals surface area contributed by atoms with Crippen LogP contribution in [0.2, 0.25) is 0 Å². The van der Waals surface area contributed by atoms with Crippen molar-refractivity contribution in [2.45, 2.75) is 44.0 Å². The average Bonchev–Trinajstić information content (AvgIpc) is 2.75. The fourth-order valence-corrected chi connectivity index (χ4v) is 4.37. The Morgan fingerprint density at radius 3 is 2.71 bits per heavy atom. The molecule has 2 unspecified atom stereocenters. The Balaban J connectivity index is 2.29.